The molecule has 0 atom stereocenters. The van der Waals surface area contributed by atoms with Gasteiger partial charge in [-0.3, -0.25) is 4.79 Å². The van der Waals surface area contributed by atoms with Crippen LogP contribution >= 0.6 is 0 Å². The zero-order valence-electron chi connectivity index (χ0n) is 11.0. The maximum Gasteiger partial charge on any atom is 0.169 e. The van der Waals surface area contributed by atoms with E-state index in [0.717, 1.165) is 11.1 Å². The number of anilines is 1. The number of aryl methyl sites for hydroxylation is 2. The van der Waals surface area contributed by atoms with Crippen molar-refractivity contribution < 1.29 is 9.18 Å². The number of benzene rings is 2. The number of nitrogen functional groups attached to an aromatic ring is 1. The summed E-state index contributed by atoms with van der Waals surface area (Å²) in [5.41, 5.74) is 9.37. The lowest BCUT2D eigenvalue weighted by Crippen LogP contribution is -2.08. The standard InChI is InChI=1S/C16H16FNO/c1-10-3-6-15(18)14(7-10)16(19)9-12-8-13(17)5-4-11(12)2/h3-8H,9,18H2,1-2H3. The fourth-order valence-electron chi connectivity index (χ4n) is 2.01. The van der Waals surface area contributed by atoms with Crippen molar-refractivity contribution in [3.05, 3.63) is 64.5 Å². The van der Waals surface area contributed by atoms with Gasteiger partial charge in [0.2, 0.25) is 0 Å². The molecule has 19 heavy (non-hydrogen) atoms. The second-order valence-corrected chi connectivity index (χ2v) is 4.76. The van der Waals surface area contributed by atoms with E-state index >= 15 is 0 Å². The average Bonchev–Trinajstić information content (AvgIpc) is 2.36. The van der Waals surface area contributed by atoms with Crippen LogP contribution in [0.4, 0.5) is 10.1 Å². The van der Waals surface area contributed by atoms with E-state index in [1.54, 1.807) is 18.2 Å². The summed E-state index contributed by atoms with van der Waals surface area (Å²) in [6, 6.07) is 9.83. The highest BCUT2D eigenvalue weighted by atomic mass is 19.1. The van der Waals surface area contributed by atoms with E-state index in [4.69, 9.17) is 5.73 Å². The van der Waals surface area contributed by atoms with Crippen LogP contribution in [-0.2, 0) is 6.42 Å². The SMILES string of the molecule is Cc1ccc(N)c(C(=O)Cc2cc(F)ccc2C)c1. The van der Waals surface area contributed by atoms with Crippen molar-refractivity contribution in [2.45, 2.75) is 20.3 Å². The molecular weight excluding hydrogens is 241 g/mol. The van der Waals surface area contributed by atoms with Crippen LogP contribution in [0.15, 0.2) is 36.4 Å². The van der Waals surface area contributed by atoms with Gasteiger partial charge in [0.1, 0.15) is 5.82 Å². The van der Waals surface area contributed by atoms with Crippen LogP contribution in [0.1, 0.15) is 27.0 Å². The number of Topliss-reactive ketones (excluding diaryl/α,β-unsaturated/α-hetero) is 1. The van der Waals surface area contributed by atoms with Gasteiger partial charge >= 0.3 is 0 Å². The number of hydrogen-bond acceptors (Lipinski definition) is 2. The molecule has 0 amide bonds. The number of carbonyl (C=O) groups excluding carboxylic acids is 1. The number of rotatable bonds is 3. The Bertz CT molecular complexity index is 635. The van der Waals surface area contributed by atoms with Gasteiger partial charge in [0.15, 0.2) is 5.78 Å². The Kier molecular flexibility index (Phi) is 3.65. The molecule has 0 unspecified atom stereocenters. The Morgan fingerprint density at radius 1 is 1.16 bits per heavy atom. The highest BCUT2D eigenvalue weighted by Crippen LogP contribution is 2.18. The van der Waals surface area contributed by atoms with Crippen molar-refractivity contribution in [3.63, 3.8) is 0 Å². The Labute approximate surface area is 112 Å². The molecule has 0 aliphatic rings. The monoisotopic (exact) mass is 257 g/mol. The summed E-state index contributed by atoms with van der Waals surface area (Å²) in [6.45, 7) is 3.77. The van der Waals surface area contributed by atoms with Gasteiger partial charge in [0.25, 0.3) is 0 Å². The highest BCUT2D eigenvalue weighted by Gasteiger charge is 2.12. The van der Waals surface area contributed by atoms with Crippen LogP contribution in [0.25, 0.3) is 0 Å². The lowest BCUT2D eigenvalue weighted by atomic mass is 9.97. The van der Waals surface area contributed by atoms with E-state index in [1.807, 2.05) is 19.9 Å². The minimum Gasteiger partial charge on any atom is -0.398 e. The summed E-state index contributed by atoms with van der Waals surface area (Å²) in [4.78, 5) is 12.2. The van der Waals surface area contributed by atoms with Crippen molar-refractivity contribution >= 4 is 11.5 Å². The summed E-state index contributed by atoms with van der Waals surface area (Å²) in [5.74, 6) is -0.416. The van der Waals surface area contributed by atoms with E-state index in [9.17, 15) is 9.18 Å². The van der Waals surface area contributed by atoms with Gasteiger partial charge in [0, 0.05) is 17.7 Å². The van der Waals surface area contributed by atoms with Crippen LogP contribution < -0.4 is 5.73 Å². The second kappa shape index (κ2) is 5.22. The predicted octanol–water partition coefficient (Wildman–Crippen LogP) is 3.45. The van der Waals surface area contributed by atoms with E-state index < -0.39 is 0 Å². The van der Waals surface area contributed by atoms with E-state index in [0.29, 0.717) is 16.8 Å². The molecule has 2 rings (SSSR count). The largest absolute Gasteiger partial charge is 0.398 e. The predicted molar refractivity (Wildman–Crippen MR) is 74.8 cm³/mol. The molecule has 0 spiro atoms. The molecule has 3 heteroatoms. The number of halogens is 1. The van der Waals surface area contributed by atoms with Gasteiger partial charge in [-0.1, -0.05) is 17.7 Å². The van der Waals surface area contributed by atoms with Crippen LogP contribution in [0, 0.1) is 19.7 Å². The van der Waals surface area contributed by atoms with Gasteiger partial charge in [-0.2, -0.15) is 0 Å². The van der Waals surface area contributed by atoms with Crippen molar-refractivity contribution in [2.24, 2.45) is 0 Å². The van der Waals surface area contributed by atoms with Gasteiger partial charge in [-0.05, 0) is 49.2 Å². The first-order valence-corrected chi connectivity index (χ1v) is 6.11. The van der Waals surface area contributed by atoms with Gasteiger partial charge in [-0.25, -0.2) is 4.39 Å². The zero-order chi connectivity index (χ0) is 14.0. The third kappa shape index (κ3) is 2.99. The van der Waals surface area contributed by atoms with Crippen molar-refractivity contribution in [1.29, 1.82) is 0 Å². The summed E-state index contributed by atoms with van der Waals surface area (Å²) < 4.78 is 13.2. The summed E-state index contributed by atoms with van der Waals surface area (Å²) in [7, 11) is 0. The molecule has 0 aliphatic heterocycles. The average molecular weight is 257 g/mol. The van der Waals surface area contributed by atoms with Gasteiger partial charge in [-0.15, -0.1) is 0 Å². The molecule has 0 aliphatic carbocycles. The quantitative estimate of drug-likeness (QED) is 0.676. The molecule has 2 aromatic carbocycles. The molecule has 0 bridgehead atoms. The molecule has 0 heterocycles. The van der Waals surface area contributed by atoms with Crippen LogP contribution in [0.3, 0.4) is 0 Å². The minimum atomic E-state index is -0.328. The molecule has 0 fully saturated rings. The van der Waals surface area contributed by atoms with E-state index in [2.05, 4.69) is 0 Å². The number of carbonyl (C=O) groups is 1. The fourth-order valence-corrected chi connectivity index (χ4v) is 2.01. The molecular formula is C16H16FNO. The first-order valence-electron chi connectivity index (χ1n) is 6.11. The maximum atomic E-state index is 13.2. The minimum absolute atomic E-state index is 0.0881. The van der Waals surface area contributed by atoms with Crippen LogP contribution in [-0.4, -0.2) is 5.78 Å². The molecule has 0 radical (unpaired) electrons. The molecule has 2 aromatic rings. The smallest absolute Gasteiger partial charge is 0.169 e. The normalized spacial score (nSPS) is 10.5. The Morgan fingerprint density at radius 2 is 1.89 bits per heavy atom. The molecule has 2 nitrogen and oxygen atoms in total. The zero-order valence-corrected chi connectivity index (χ0v) is 11.0. The molecule has 98 valence electrons. The third-order valence-corrected chi connectivity index (χ3v) is 3.17. The molecule has 2 N–H and O–H groups in total. The lowest BCUT2D eigenvalue weighted by Gasteiger charge is -2.08. The fraction of sp³-hybridized carbons (Fsp3) is 0.188. The second-order valence-electron chi connectivity index (χ2n) is 4.76. The molecule has 0 saturated heterocycles. The van der Waals surface area contributed by atoms with Crippen LogP contribution in [0.2, 0.25) is 0 Å². The number of nitrogens with two attached hydrogens (primary N) is 1. The van der Waals surface area contributed by atoms with E-state index in [-0.39, 0.29) is 18.0 Å². The first-order chi connectivity index (χ1) is 8.97. The summed E-state index contributed by atoms with van der Waals surface area (Å²) in [6.07, 6.45) is 0.164. The molecule has 0 aromatic heterocycles. The molecule has 0 saturated carbocycles. The van der Waals surface area contributed by atoms with Crippen LogP contribution in [0.5, 0.6) is 0 Å². The summed E-state index contributed by atoms with van der Waals surface area (Å²) in [5, 5.41) is 0. The topological polar surface area (TPSA) is 43.1 Å². The number of hydrogen-bond donors (Lipinski definition) is 1. The lowest BCUT2D eigenvalue weighted by molar-refractivity contribution is 0.0993. The van der Waals surface area contributed by atoms with Crippen molar-refractivity contribution in [2.75, 3.05) is 5.73 Å². The van der Waals surface area contributed by atoms with Crippen molar-refractivity contribution in [1.82, 2.24) is 0 Å². The summed E-state index contributed by atoms with van der Waals surface area (Å²) >= 11 is 0. The van der Waals surface area contributed by atoms with Gasteiger partial charge < -0.3 is 5.73 Å². The van der Waals surface area contributed by atoms with Gasteiger partial charge in [0.05, 0.1) is 0 Å². The van der Waals surface area contributed by atoms with Crippen molar-refractivity contribution in [3.8, 4) is 0 Å². The number of ketones is 1. The Hall–Kier alpha value is -2.16. The Balaban J connectivity index is 2.30. The highest BCUT2D eigenvalue weighted by molar-refractivity contribution is 6.02. The maximum absolute atomic E-state index is 13.2. The third-order valence-electron chi connectivity index (χ3n) is 3.17. The van der Waals surface area contributed by atoms with E-state index in [1.165, 1.54) is 12.1 Å². The Morgan fingerprint density at radius 3 is 2.63 bits per heavy atom. The first kappa shape index (κ1) is 13.3.